The predicted octanol–water partition coefficient (Wildman–Crippen LogP) is 3.88. The number of para-hydroxylation sites is 1. The van der Waals surface area contributed by atoms with Crippen molar-refractivity contribution in [2.24, 2.45) is 0 Å². The van der Waals surface area contributed by atoms with Crippen molar-refractivity contribution >= 4 is 33.6 Å². The van der Waals surface area contributed by atoms with Crippen LogP contribution in [0, 0.1) is 0 Å². The maximum absolute atomic E-state index is 12.6. The number of benzene rings is 1. The molecule has 1 aromatic rings. The first kappa shape index (κ1) is 21.5. The van der Waals surface area contributed by atoms with Crippen molar-refractivity contribution < 1.29 is 37.0 Å². The summed E-state index contributed by atoms with van der Waals surface area (Å²) in [5.41, 5.74) is -0.312. The van der Waals surface area contributed by atoms with Crippen LogP contribution >= 0.6 is 15.9 Å². The van der Waals surface area contributed by atoms with E-state index in [0.717, 1.165) is 14.2 Å². The molecule has 0 saturated carbocycles. The SMILES string of the molecule is COC(=O)C1=C(C(=O)OC)N(c2c(Br)cccc2OCC(F)(F)F)C=CC=C1. The molecule has 2 rings (SSSR count). The number of alkyl halides is 3. The Balaban J connectivity index is 2.67. The lowest BCUT2D eigenvalue weighted by Gasteiger charge is -2.26. The average molecular weight is 462 g/mol. The van der Waals surface area contributed by atoms with Gasteiger partial charge in [-0.05, 0) is 40.2 Å². The summed E-state index contributed by atoms with van der Waals surface area (Å²) in [4.78, 5) is 25.8. The second-order valence-corrected chi connectivity index (χ2v) is 6.16. The van der Waals surface area contributed by atoms with Crippen LogP contribution in [-0.4, -0.2) is 38.9 Å². The number of anilines is 1. The maximum Gasteiger partial charge on any atom is 0.422 e. The molecule has 1 aromatic carbocycles. The molecule has 0 amide bonds. The molecule has 10 heteroatoms. The number of esters is 2. The fourth-order valence-electron chi connectivity index (χ4n) is 2.34. The predicted molar refractivity (Wildman–Crippen MR) is 97.5 cm³/mol. The highest BCUT2D eigenvalue weighted by molar-refractivity contribution is 9.10. The van der Waals surface area contributed by atoms with E-state index in [4.69, 9.17) is 14.2 Å². The molecule has 6 nitrogen and oxygen atoms in total. The normalized spacial score (nSPS) is 14.0. The lowest BCUT2D eigenvalue weighted by atomic mass is 10.1. The van der Waals surface area contributed by atoms with Crippen LogP contribution < -0.4 is 9.64 Å². The monoisotopic (exact) mass is 461 g/mol. The van der Waals surface area contributed by atoms with E-state index in [1.54, 1.807) is 6.07 Å². The van der Waals surface area contributed by atoms with Crippen LogP contribution in [0.15, 0.2) is 58.4 Å². The Morgan fingerprint density at radius 3 is 2.39 bits per heavy atom. The van der Waals surface area contributed by atoms with Crippen molar-refractivity contribution in [2.45, 2.75) is 6.18 Å². The van der Waals surface area contributed by atoms with Crippen molar-refractivity contribution in [3.05, 3.63) is 58.4 Å². The number of hydrogen-bond acceptors (Lipinski definition) is 6. The fourth-order valence-corrected chi connectivity index (χ4v) is 2.88. The van der Waals surface area contributed by atoms with Crippen LogP contribution in [0.1, 0.15) is 0 Å². The molecule has 0 N–H and O–H groups in total. The molecule has 0 aliphatic carbocycles. The molecule has 1 heterocycles. The number of hydrogen-bond donors (Lipinski definition) is 0. The summed E-state index contributed by atoms with van der Waals surface area (Å²) in [6.07, 6.45) is 1.13. The topological polar surface area (TPSA) is 65.1 Å². The number of allylic oxidation sites excluding steroid dienone is 2. The minimum Gasteiger partial charge on any atom is -0.482 e. The molecule has 0 unspecified atom stereocenters. The molecular weight excluding hydrogens is 447 g/mol. The molecule has 0 saturated heterocycles. The van der Waals surface area contributed by atoms with Gasteiger partial charge in [0.25, 0.3) is 0 Å². The lowest BCUT2D eigenvalue weighted by Crippen LogP contribution is -2.28. The van der Waals surface area contributed by atoms with Crippen LogP contribution in [0.5, 0.6) is 5.75 Å². The first-order chi connectivity index (χ1) is 13.2. The second-order valence-electron chi connectivity index (χ2n) is 5.31. The highest BCUT2D eigenvalue weighted by Crippen LogP contribution is 2.40. The number of carbonyl (C=O) groups excluding carboxylic acids is 2. The molecule has 0 aromatic heterocycles. The van der Waals surface area contributed by atoms with E-state index in [9.17, 15) is 22.8 Å². The summed E-state index contributed by atoms with van der Waals surface area (Å²) in [5.74, 6) is -1.88. The van der Waals surface area contributed by atoms with Gasteiger partial charge in [0.1, 0.15) is 17.1 Å². The Kier molecular flexibility index (Phi) is 6.90. The summed E-state index contributed by atoms with van der Waals surface area (Å²) in [6.45, 7) is -1.53. The van der Waals surface area contributed by atoms with Crippen molar-refractivity contribution in [1.82, 2.24) is 0 Å². The average Bonchev–Trinajstić information content (AvgIpc) is 2.87. The van der Waals surface area contributed by atoms with Gasteiger partial charge in [-0.1, -0.05) is 12.1 Å². The van der Waals surface area contributed by atoms with E-state index in [1.807, 2.05) is 0 Å². The van der Waals surface area contributed by atoms with Gasteiger partial charge in [-0.3, -0.25) is 0 Å². The Bertz CT molecular complexity index is 861. The second kappa shape index (κ2) is 8.96. The quantitative estimate of drug-likeness (QED) is 0.620. The third-order valence-corrected chi connectivity index (χ3v) is 4.11. The number of ether oxygens (including phenoxy) is 3. The number of halogens is 4. The third kappa shape index (κ3) is 4.94. The fraction of sp³-hybridized carbons (Fsp3) is 0.222. The zero-order valence-electron chi connectivity index (χ0n) is 14.7. The summed E-state index contributed by atoms with van der Waals surface area (Å²) < 4.78 is 52.6. The van der Waals surface area contributed by atoms with Gasteiger partial charge < -0.3 is 19.1 Å². The van der Waals surface area contributed by atoms with E-state index >= 15 is 0 Å². The van der Waals surface area contributed by atoms with Gasteiger partial charge in [-0.15, -0.1) is 0 Å². The molecule has 28 heavy (non-hydrogen) atoms. The number of nitrogens with zero attached hydrogens (tertiary/aromatic N) is 1. The smallest absolute Gasteiger partial charge is 0.422 e. The van der Waals surface area contributed by atoms with E-state index in [0.29, 0.717) is 4.47 Å². The number of methoxy groups -OCH3 is 2. The maximum atomic E-state index is 12.6. The van der Waals surface area contributed by atoms with Crippen LogP contribution in [-0.2, 0) is 19.1 Å². The molecule has 0 fully saturated rings. The summed E-state index contributed by atoms with van der Waals surface area (Å²) in [7, 11) is 2.25. The summed E-state index contributed by atoms with van der Waals surface area (Å²) in [6, 6.07) is 4.33. The van der Waals surface area contributed by atoms with Gasteiger partial charge in [-0.25, -0.2) is 9.59 Å². The third-order valence-electron chi connectivity index (χ3n) is 3.47. The van der Waals surface area contributed by atoms with Gasteiger partial charge in [0.2, 0.25) is 0 Å². The van der Waals surface area contributed by atoms with Crippen LogP contribution in [0.2, 0.25) is 0 Å². The molecule has 0 atom stereocenters. The van der Waals surface area contributed by atoms with Gasteiger partial charge in [0, 0.05) is 10.7 Å². The molecule has 0 spiro atoms. The first-order valence-electron chi connectivity index (χ1n) is 7.72. The number of rotatable bonds is 5. The van der Waals surface area contributed by atoms with Crippen LogP contribution in [0.25, 0.3) is 0 Å². The van der Waals surface area contributed by atoms with Gasteiger partial charge in [0.05, 0.1) is 19.8 Å². The van der Waals surface area contributed by atoms with Crippen molar-refractivity contribution in [1.29, 1.82) is 0 Å². The number of carbonyl (C=O) groups is 2. The molecule has 1 aliphatic rings. The largest absolute Gasteiger partial charge is 0.482 e. The summed E-state index contributed by atoms with van der Waals surface area (Å²) in [5, 5.41) is 0. The Morgan fingerprint density at radius 2 is 1.79 bits per heavy atom. The zero-order chi connectivity index (χ0) is 20.9. The van der Waals surface area contributed by atoms with Crippen LogP contribution in [0.4, 0.5) is 18.9 Å². The first-order valence-corrected chi connectivity index (χ1v) is 8.52. The van der Waals surface area contributed by atoms with Gasteiger partial charge in [-0.2, -0.15) is 13.2 Å². The highest BCUT2D eigenvalue weighted by Gasteiger charge is 2.32. The zero-order valence-corrected chi connectivity index (χ0v) is 16.3. The lowest BCUT2D eigenvalue weighted by molar-refractivity contribution is -0.153. The summed E-state index contributed by atoms with van der Waals surface area (Å²) >= 11 is 3.25. The Hall–Kier alpha value is -2.75. The standard InChI is InChI=1S/C18H15BrF3NO5/c1-26-16(24)11-6-3-4-9-23(14(11)17(25)27-2)15-12(19)7-5-8-13(15)28-10-18(20,21)22/h3-9H,10H2,1-2H3. The minimum atomic E-state index is -4.56. The molecule has 1 aliphatic heterocycles. The van der Waals surface area contributed by atoms with E-state index in [2.05, 4.69) is 15.9 Å². The molecular formula is C18H15BrF3NO5. The van der Waals surface area contributed by atoms with Gasteiger partial charge >= 0.3 is 18.1 Å². The van der Waals surface area contributed by atoms with Crippen molar-refractivity contribution in [3.63, 3.8) is 0 Å². The Morgan fingerprint density at radius 1 is 1.11 bits per heavy atom. The Labute approximate surface area is 167 Å². The van der Waals surface area contributed by atoms with Crippen LogP contribution in [0.3, 0.4) is 0 Å². The van der Waals surface area contributed by atoms with Gasteiger partial charge in [0.15, 0.2) is 6.61 Å². The van der Waals surface area contributed by atoms with E-state index < -0.39 is 24.7 Å². The molecule has 150 valence electrons. The van der Waals surface area contributed by atoms with E-state index in [-0.39, 0.29) is 22.7 Å². The highest BCUT2D eigenvalue weighted by atomic mass is 79.9. The molecule has 0 bridgehead atoms. The minimum absolute atomic E-state index is 0.0773. The van der Waals surface area contributed by atoms with E-state index in [1.165, 1.54) is 41.5 Å². The van der Waals surface area contributed by atoms with Crippen molar-refractivity contribution in [2.75, 3.05) is 25.7 Å². The van der Waals surface area contributed by atoms with Crippen molar-refractivity contribution in [3.8, 4) is 5.75 Å². The molecule has 0 radical (unpaired) electrons.